The summed E-state index contributed by atoms with van der Waals surface area (Å²) in [7, 11) is 0. The lowest BCUT2D eigenvalue weighted by Crippen LogP contribution is -2.26. The number of hydrogen-bond acceptors (Lipinski definition) is 3. The number of hydrogen-bond donors (Lipinski definition) is 1. The topological polar surface area (TPSA) is 64.0 Å². The van der Waals surface area contributed by atoms with E-state index >= 15 is 0 Å². The zero-order valence-corrected chi connectivity index (χ0v) is 16.2. The fraction of sp³-hybridized carbons (Fsp3) is 0.286. The monoisotopic (exact) mass is 383 g/mol. The van der Waals surface area contributed by atoms with Crippen molar-refractivity contribution in [2.75, 3.05) is 5.32 Å². The van der Waals surface area contributed by atoms with Crippen molar-refractivity contribution in [3.8, 4) is 0 Å². The van der Waals surface area contributed by atoms with Crippen molar-refractivity contribution in [1.29, 1.82) is 0 Å². The van der Waals surface area contributed by atoms with Crippen LogP contribution in [-0.2, 0) is 17.8 Å². The number of nitrogens with one attached hydrogen (secondary N) is 1. The molecule has 0 saturated carbocycles. The van der Waals surface area contributed by atoms with Gasteiger partial charge in [-0.3, -0.25) is 14.2 Å². The van der Waals surface area contributed by atoms with E-state index in [1.165, 1.54) is 0 Å². The van der Waals surface area contributed by atoms with Crippen molar-refractivity contribution in [2.45, 2.75) is 39.7 Å². The zero-order valence-electron chi connectivity index (χ0n) is 15.5. The van der Waals surface area contributed by atoms with Crippen LogP contribution in [0.25, 0.3) is 10.9 Å². The Bertz CT molecular complexity index is 1040. The number of carbonyl (C=O) groups is 1. The highest BCUT2D eigenvalue weighted by molar-refractivity contribution is 6.31. The Hall–Kier alpha value is -2.66. The summed E-state index contributed by atoms with van der Waals surface area (Å²) in [4.78, 5) is 29.6. The van der Waals surface area contributed by atoms with Gasteiger partial charge in [0, 0.05) is 23.6 Å². The van der Waals surface area contributed by atoms with Gasteiger partial charge in [-0.15, -0.1) is 0 Å². The summed E-state index contributed by atoms with van der Waals surface area (Å²) in [5.41, 5.74) is 1.97. The molecule has 0 bridgehead atoms. The van der Waals surface area contributed by atoms with Crippen molar-refractivity contribution < 1.29 is 4.79 Å². The van der Waals surface area contributed by atoms with Crippen molar-refractivity contribution in [3.05, 3.63) is 69.2 Å². The van der Waals surface area contributed by atoms with Gasteiger partial charge >= 0.3 is 0 Å². The van der Waals surface area contributed by atoms with E-state index in [1.807, 2.05) is 24.3 Å². The van der Waals surface area contributed by atoms with E-state index in [0.717, 1.165) is 17.8 Å². The summed E-state index contributed by atoms with van der Waals surface area (Å²) in [6.07, 6.45) is 1.96. The first kappa shape index (κ1) is 19.1. The summed E-state index contributed by atoms with van der Waals surface area (Å²) in [6, 6.07) is 12.7. The molecule has 0 saturated heterocycles. The quantitative estimate of drug-likeness (QED) is 0.686. The Kier molecular flexibility index (Phi) is 5.91. The van der Waals surface area contributed by atoms with Crippen LogP contribution in [0.1, 0.15) is 38.1 Å². The number of benzene rings is 2. The summed E-state index contributed by atoms with van der Waals surface area (Å²) in [6.45, 7) is 4.20. The molecular weight excluding hydrogens is 362 g/mol. The number of amides is 1. The average molecular weight is 384 g/mol. The molecule has 3 rings (SSSR count). The van der Waals surface area contributed by atoms with Gasteiger partial charge in [-0.1, -0.05) is 43.6 Å². The number of nitrogens with zero attached hydrogens (tertiary/aromatic N) is 2. The van der Waals surface area contributed by atoms with Crippen LogP contribution in [0, 0.1) is 0 Å². The molecule has 3 aromatic rings. The second-order valence-electron chi connectivity index (χ2n) is 6.39. The smallest absolute Gasteiger partial charge is 0.261 e. The van der Waals surface area contributed by atoms with Gasteiger partial charge in [-0.05, 0) is 36.2 Å². The summed E-state index contributed by atoms with van der Waals surface area (Å²) in [5.74, 6) is 0.640. The van der Waals surface area contributed by atoms with E-state index in [-0.39, 0.29) is 11.5 Å². The molecule has 1 N–H and O–H groups in total. The van der Waals surface area contributed by atoms with Crippen LogP contribution in [0.15, 0.2) is 47.3 Å². The maximum absolute atomic E-state index is 13.2. The molecule has 0 unspecified atom stereocenters. The number of anilines is 1. The van der Waals surface area contributed by atoms with Gasteiger partial charge in [0.2, 0.25) is 5.91 Å². The summed E-state index contributed by atoms with van der Waals surface area (Å²) in [5, 5.41) is 3.90. The molecule has 0 atom stereocenters. The SMILES string of the molecule is CCCc1nc2ccc(NC(=O)CC)cc2c(=O)n1Cc1ccccc1Cl. The predicted molar refractivity (Wildman–Crippen MR) is 109 cm³/mol. The van der Waals surface area contributed by atoms with Crippen LogP contribution >= 0.6 is 11.6 Å². The van der Waals surface area contributed by atoms with Crippen molar-refractivity contribution >= 4 is 34.1 Å². The van der Waals surface area contributed by atoms with Gasteiger partial charge < -0.3 is 5.32 Å². The second kappa shape index (κ2) is 8.35. The Balaban J connectivity index is 2.13. The highest BCUT2D eigenvalue weighted by Gasteiger charge is 2.13. The minimum absolute atomic E-state index is 0.0960. The van der Waals surface area contributed by atoms with Crippen LogP contribution in [0.5, 0.6) is 0 Å². The molecule has 6 heteroatoms. The van der Waals surface area contributed by atoms with Gasteiger partial charge in [-0.2, -0.15) is 0 Å². The largest absolute Gasteiger partial charge is 0.326 e. The number of aryl methyl sites for hydroxylation is 1. The Morgan fingerprint density at radius 3 is 2.67 bits per heavy atom. The van der Waals surface area contributed by atoms with Crippen LogP contribution in [0.4, 0.5) is 5.69 Å². The Labute approximate surface area is 163 Å². The second-order valence-corrected chi connectivity index (χ2v) is 6.80. The molecule has 1 heterocycles. The molecule has 2 aromatic carbocycles. The van der Waals surface area contributed by atoms with Crippen molar-refractivity contribution in [3.63, 3.8) is 0 Å². The van der Waals surface area contributed by atoms with E-state index in [0.29, 0.717) is 41.0 Å². The standard InChI is InChI=1S/C21H22ClN3O2/c1-3-7-19-24-18-11-10-15(23-20(26)4-2)12-16(18)21(27)25(19)13-14-8-5-6-9-17(14)22/h5-6,8-12H,3-4,7,13H2,1-2H3,(H,23,26). The third kappa shape index (κ3) is 4.19. The number of carbonyl (C=O) groups excluding carboxylic acids is 1. The van der Waals surface area contributed by atoms with Gasteiger partial charge in [0.05, 0.1) is 17.4 Å². The average Bonchev–Trinajstić information content (AvgIpc) is 2.67. The lowest BCUT2D eigenvalue weighted by atomic mass is 10.1. The molecular formula is C21H22ClN3O2. The lowest BCUT2D eigenvalue weighted by Gasteiger charge is -2.14. The van der Waals surface area contributed by atoms with Gasteiger partial charge in [0.1, 0.15) is 5.82 Å². The number of aromatic nitrogens is 2. The minimum atomic E-state index is -0.129. The lowest BCUT2D eigenvalue weighted by molar-refractivity contribution is -0.115. The first-order chi connectivity index (χ1) is 13.0. The van der Waals surface area contributed by atoms with Gasteiger partial charge in [-0.25, -0.2) is 4.98 Å². The fourth-order valence-electron chi connectivity index (χ4n) is 2.97. The molecule has 0 spiro atoms. The summed E-state index contributed by atoms with van der Waals surface area (Å²) < 4.78 is 1.68. The minimum Gasteiger partial charge on any atom is -0.326 e. The highest BCUT2D eigenvalue weighted by atomic mass is 35.5. The molecule has 0 aliphatic rings. The maximum atomic E-state index is 13.2. The Morgan fingerprint density at radius 2 is 1.96 bits per heavy atom. The van der Waals surface area contributed by atoms with E-state index in [9.17, 15) is 9.59 Å². The van der Waals surface area contributed by atoms with Crippen molar-refractivity contribution in [1.82, 2.24) is 9.55 Å². The third-order valence-electron chi connectivity index (χ3n) is 4.40. The summed E-state index contributed by atoms with van der Waals surface area (Å²) >= 11 is 6.29. The molecule has 0 fully saturated rings. The molecule has 0 aliphatic heterocycles. The molecule has 1 aromatic heterocycles. The highest BCUT2D eigenvalue weighted by Crippen LogP contribution is 2.19. The van der Waals surface area contributed by atoms with Crippen molar-refractivity contribution in [2.24, 2.45) is 0 Å². The number of halogens is 1. The van der Waals surface area contributed by atoms with Gasteiger partial charge in [0.15, 0.2) is 0 Å². The normalized spacial score (nSPS) is 10.9. The van der Waals surface area contributed by atoms with E-state index in [4.69, 9.17) is 16.6 Å². The van der Waals surface area contributed by atoms with E-state index in [1.54, 1.807) is 29.7 Å². The molecule has 1 amide bonds. The number of fused-ring (bicyclic) bond motifs is 1. The van der Waals surface area contributed by atoms with Gasteiger partial charge in [0.25, 0.3) is 5.56 Å². The molecule has 0 radical (unpaired) electrons. The zero-order chi connectivity index (χ0) is 19.4. The third-order valence-corrected chi connectivity index (χ3v) is 4.77. The first-order valence-electron chi connectivity index (χ1n) is 9.10. The van der Waals surface area contributed by atoms with E-state index < -0.39 is 0 Å². The number of rotatable bonds is 6. The molecule has 0 aliphatic carbocycles. The van der Waals surface area contributed by atoms with Crippen LogP contribution in [0.2, 0.25) is 5.02 Å². The molecule has 27 heavy (non-hydrogen) atoms. The fourth-order valence-corrected chi connectivity index (χ4v) is 3.16. The van der Waals surface area contributed by atoms with Crippen LogP contribution in [-0.4, -0.2) is 15.5 Å². The Morgan fingerprint density at radius 1 is 1.19 bits per heavy atom. The first-order valence-corrected chi connectivity index (χ1v) is 9.48. The molecule has 140 valence electrons. The van der Waals surface area contributed by atoms with Crippen LogP contribution < -0.4 is 10.9 Å². The predicted octanol–water partition coefficient (Wildman–Crippen LogP) is 4.40. The van der Waals surface area contributed by atoms with E-state index in [2.05, 4.69) is 12.2 Å². The van der Waals surface area contributed by atoms with Crippen LogP contribution in [0.3, 0.4) is 0 Å². The maximum Gasteiger partial charge on any atom is 0.261 e. The molecule has 5 nitrogen and oxygen atoms in total.